The molecular weight excluding hydrogens is 271 g/mol. The second kappa shape index (κ2) is 5.71. The van der Waals surface area contributed by atoms with Crippen LogP contribution in [0, 0.1) is 0 Å². The lowest BCUT2D eigenvalue weighted by Crippen LogP contribution is -2.31. The fourth-order valence-corrected chi connectivity index (χ4v) is 2.54. The van der Waals surface area contributed by atoms with Crippen LogP contribution in [0.15, 0.2) is 30.6 Å². The summed E-state index contributed by atoms with van der Waals surface area (Å²) in [6.07, 6.45) is 3.62. The summed E-state index contributed by atoms with van der Waals surface area (Å²) in [5, 5.41) is 1.13. The first kappa shape index (κ1) is 13.4. The predicted molar refractivity (Wildman–Crippen MR) is 73.5 cm³/mol. The lowest BCUT2D eigenvalue weighted by atomic mass is 10.1. The predicted octanol–water partition coefficient (Wildman–Crippen LogP) is 2.76. The minimum absolute atomic E-state index is 0.332. The van der Waals surface area contributed by atoms with Gasteiger partial charge in [0.05, 0.1) is 0 Å². The molecule has 3 N–H and O–H groups in total. The monoisotopic (exact) mass is 284 g/mol. The third-order valence-corrected chi connectivity index (χ3v) is 3.46. The Bertz CT molecular complexity index is 518. The second-order valence-corrected chi connectivity index (χ2v) is 4.62. The molecule has 4 nitrogen and oxygen atoms in total. The number of nitrogens with zero attached hydrogens (tertiary/aromatic N) is 2. The molecule has 1 unspecified atom stereocenters. The quantitative estimate of drug-likeness (QED) is 0.671. The van der Waals surface area contributed by atoms with Crippen LogP contribution >= 0.6 is 23.2 Å². The topological polar surface area (TPSA) is 55.9 Å². The van der Waals surface area contributed by atoms with Gasteiger partial charge in [-0.1, -0.05) is 29.3 Å². The van der Waals surface area contributed by atoms with Crippen LogP contribution in [0.5, 0.6) is 0 Å². The van der Waals surface area contributed by atoms with Crippen LogP contribution in [0.2, 0.25) is 10.0 Å². The van der Waals surface area contributed by atoms with E-state index in [1.165, 1.54) is 0 Å². The van der Waals surface area contributed by atoms with Crippen LogP contribution in [-0.4, -0.2) is 9.55 Å². The molecule has 0 saturated heterocycles. The molecule has 2 aromatic rings. The Balaban J connectivity index is 2.52. The summed E-state index contributed by atoms with van der Waals surface area (Å²) in [6, 6.07) is 5.04. The molecule has 96 valence electrons. The van der Waals surface area contributed by atoms with Crippen molar-refractivity contribution in [1.82, 2.24) is 15.0 Å². The molecule has 0 aliphatic heterocycles. The third kappa shape index (κ3) is 2.37. The number of hydrazine groups is 1. The number of nitrogens with one attached hydrogen (secondary N) is 1. The van der Waals surface area contributed by atoms with Crippen molar-refractivity contribution in [3.05, 3.63) is 52.0 Å². The second-order valence-electron chi connectivity index (χ2n) is 3.81. The number of aromatic nitrogens is 2. The molecule has 2 rings (SSSR count). The average Bonchev–Trinajstić information content (AvgIpc) is 2.82. The van der Waals surface area contributed by atoms with Gasteiger partial charge in [-0.05, 0) is 19.1 Å². The van der Waals surface area contributed by atoms with E-state index in [-0.39, 0.29) is 6.04 Å². The number of hydrogen-bond acceptors (Lipinski definition) is 3. The van der Waals surface area contributed by atoms with Crippen molar-refractivity contribution >= 4 is 23.2 Å². The molecule has 1 aromatic carbocycles. The molecule has 0 aliphatic rings. The van der Waals surface area contributed by atoms with E-state index in [2.05, 4.69) is 10.4 Å². The normalized spacial score (nSPS) is 12.7. The standard InChI is InChI=1S/C12H14Cl2N4/c1-2-18-7-6-16-12(18)11(17-15)10-8(13)4-3-5-9(10)14/h3-7,11,17H,2,15H2,1H3. The fourth-order valence-electron chi connectivity index (χ4n) is 1.92. The van der Waals surface area contributed by atoms with E-state index < -0.39 is 0 Å². The summed E-state index contributed by atoms with van der Waals surface area (Å²) < 4.78 is 1.99. The van der Waals surface area contributed by atoms with Crippen molar-refractivity contribution in [2.24, 2.45) is 5.84 Å². The number of halogens is 2. The van der Waals surface area contributed by atoms with Crippen molar-refractivity contribution in [2.75, 3.05) is 0 Å². The molecule has 1 atom stereocenters. The first-order chi connectivity index (χ1) is 8.69. The maximum atomic E-state index is 6.20. The van der Waals surface area contributed by atoms with Crippen LogP contribution in [0.4, 0.5) is 0 Å². The summed E-state index contributed by atoms with van der Waals surface area (Å²) in [4.78, 5) is 4.32. The zero-order valence-corrected chi connectivity index (χ0v) is 11.4. The van der Waals surface area contributed by atoms with Crippen molar-refractivity contribution in [3.63, 3.8) is 0 Å². The number of imidazole rings is 1. The van der Waals surface area contributed by atoms with E-state index in [9.17, 15) is 0 Å². The molecule has 0 saturated carbocycles. The molecule has 0 fully saturated rings. The SMILES string of the molecule is CCn1ccnc1C(NN)c1c(Cl)cccc1Cl. The lowest BCUT2D eigenvalue weighted by Gasteiger charge is -2.19. The largest absolute Gasteiger partial charge is 0.334 e. The highest BCUT2D eigenvalue weighted by Crippen LogP contribution is 2.32. The van der Waals surface area contributed by atoms with E-state index in [0.29, 0.717) is 10.0 Å². The van der Waals surface area contributed by atoms with E-state index in [1.54, 1.807) is 24.4 Å². The highest BCUT2D eigenvalue weighted by molar-refractivity contribution is 6.36. The van der Waals surface area contributed by atoms with Crippen molar-refractivity contribution < 1.29 is 0 Å². The van der Waals surface area contributed by atoms with Gasteiger partial charge in [0.25, 0.3) is 0 Å². The Morgan fingerprint density at radius 1 is 1.39 bits per heavy atom. The van der Waals surface area contributed by atoms with Gasteiger partial charge in [0.2, 0.25) is 0 Å². The van der Waals surface area contributed by atoms with E-state index >= 15 is 0 Å². The Hall–Kier alpha value is -1.07. The molecule has 1 heterocycles. The molecule has 0 amide bonds. The first-order valence-corrected chi connectivity index (χ1v) is 6.35. The zero-order chi connectivity index (χ0) is 13.1. The highest BCUT2D eigenvalue weighted by atomic mass is 35.5. The molecule has 0 aliphatic carbocycles. The van der Waals surface area contributed by atoms with Crippen molar-refractivity contribution in [2.45, 2.75) is 19.5 Å². The van der Waals surface area contributed by atoms with E-state index in [1.807, 2.05) is 17.7 Å². The third-order valence-electron chi connectivity index (χ3n) is 2.80. The van der Waals surface area contributed by atoms with E-state index in [4.69, 9.17) is 29.0 Å². The fraction of sp³-hybridized carbons (Fsp3) is 0.250. The Kier molecular flexibility index (Phi) is 4.24. The van der Waals surface area contributed by atoms with Gasteiger partial charge in [0.1, 0.15) is 11.9 Å². The van der Waals surface area contributed by atoms with Gasteiger partial charge < -0.3 is 4.57 Å². The van der Waals surface area contributed by atoms with Gasteiger partial charge in [0, 0.05) is 34.5 Å². The van der Waals surface area contributed by atoms with Crippen LogP contribution in [0.1, 0.15) is 24.4 Å². The highest BCUT2D eigenvalue weighted by Gasteiger charge is 2.22. The molecule has 0 bridgehead atoms. The number of aryl methyl sites for hydroxylation is 1. The minimum atomic E-state index is -0.332. The summed E-state index contributed by atoms with van der Waals surface area (Å²) in [5.74, 6) is 6.42. The summed E-state index contributed by atoms with van der Waals surface area (Å²) >= 11 is 12.4. The van der Waals surface area contributed by atoms with Crippen LogP contribution < -0.4 is 11.3 Å². The molecular formula is C12H14Cl2N4. The average molecular weight is 285 g/mol. The number of rotatable bonds is 4. The van der Waals surface area contributed by atoms with Gasteiger partial charge in [-0.25, -0.2) is 10.4 Å². The number of benzene rings is 1. The van der Waals surface area contributed by atoms with E-state index in [0.717, 1.165) is 17.9 Å². The molecule has 18 heavy (non-hydrogen) atoms. The Labute approximate surface area is 116 Å². The van der Waals surface area contributed by atoms with Crippen LogP contribution in [-0.2, 0) is 6.54 Å². The lowest BCUT2D eigenvalue weighted by molar-refractivity contribution is 0.561. The molecule has 0 radical (unpaired) electrons. The number of hydrogen-bond donors (Lipinski definition) is 2. The Morgan fingerprint density at radius 3 is 2.61 bits per heavy atom. The first-order valence-electron chi connectivity index (χ1n) is 5.60. The van der Waals surface area contributed by atoms with Crippen LogP contribution in [0.3, 0.4) is 0 Å². The summed E-state index contributed by atoms with van der Waals surface area (Å²) in [7, 11) is 0. The Morgan fingerprint density at radius 2 is 2.06 bits per heavy atom. The maximum Gasteiger partial charge on any atom is 0.131 e. The smallest absolute Gasteiger partial charge is 0.131 e. The van der Waals surface area contributed by atoms with Gasteiger partial charge in [-0.2, -0.15) is 0 Å². The van der Waals surface area contributed by atoms with Crippen molar-refractivity contribution in [1.29, 1.82) is 0 Å². The number of nitrogens with two attached hydrogens (primary N) is 1. The van der Waals surface area contributed by atoms with Gasteiger partial charge in [-0.15, -0.1) is 0 Å². The molecule has 6 heteroatoms. The minimum Gasteiger partial charge on any atom is -0.334 e. The van der Waals surface area contributed by atoms with Crippen molar-refractivity contribution in [3.8, 4) is 0 Å². The molecule has 1 aromatic heterocycles. The summed E-state index contributed by atoms with van der Waals surface area (Å²) in [6.45, 7) is 2.84. The molecule has 0 spiro atoms. The zero-order valence-electron chi connectivity index (χ0n) is 9.90. The summed E-state index contributed by atoms with van der Waals surface area (Å²) in [5.41, 5.74) is 3.46. The van der Waals surface area contributed by atoms with Gasteiger partial charge in [-0.3, -0.25) is 5.84 Å². The van der Waals surface area contributed by atoms with Gasteiger partial charge >= 0.3 is 0 Å². The van der Waals surface area contributed by atoms with Crippen LogP contribution in [0.25, 0.3) is 0 Å². The maximum absolute atomic E-state index is 6.20. The van der Waals surface area contributed by atoms with Gasteiger partial charge in [0.15, 0.2) is 0 Å².